The zero-order chi connectivity index (χ0) is 14.7. The first-order chi connectivity index (χ1) is 9.45. The Bertz CT molecular complexity index is 479. The van der Waals surface area contributed by atoms with E-state index in [1.807, 2.05) is 0 Å². The Balaban J connectivity index is 1.94. The molecule has 1 aromatic rings. The van der Waals surface area contributed by atoms with Crippen LogP contribution < -0.4 is 5.32 Å². The van der Waals surface area contributed by atoms with Gasteiger partial charge < -0.3 is 10.4 Å². The molecule has 4 heteroatoms. The minimum atomic E-state index is -1.23. The van der Waals surface area contributed by atoms with E-state index < -0.39 is 11.8 Å². The first kappa shape index (κ1) is 15.0. The summed E-state index contributed by atoms with van der Waals surface area (Å²) in [7, 11) is 0. The van der Waals surface area contributed by atoms with E-state index in [2.05, 4.69) is 19.2 Å². The van der Waals surface area contributed by atoms with Gasteiger partial charge in [0.2, 0.25) is 0 Å². The summed E-state index contributed by atoms with van der Waals surface area (Å²) in [6.45, 7) is 5.12. The van der Waals surface area contributed by atoms with Crippen LogP contribution in [-0.2, 0) is 6.54 Å². The van der Waals surface area contributed by atoms with Crippen LogP contribution in [0.5, 0.6) is 0 Å². The van der Waals surface area contributed by atoms with Gasteiger partial charge in [-0.25, -0.2) is 9.18 Å². The molecule has 0 heterocycles. The topological polar surface area (TPSA) is 49.3 Å². The summed E-state index contributed by atoms with van der Waals surface area (Å²) in [6.07, 6.45) is 3.58. The Labute approximate surface area is 119 Å². The van der Waals surface area contributed by atoms with Gasteiger partial charge in [-0.2, -0.15) is 0 Å². The van der Waals surface area contributed by atoms with Crippen LogP contribution in [0.15, 0.2) is 18.2 Å². The summed E-state index contributed by atoms with van der Waals surface area (Å²) in [6, 6.07) is 4.79. The third-order valence-electron chi connectivity index (χ3n) is 4.04. The van der Waals surface area contributed by atoms with Gasteiger partial charge in [0.15, 0.2) is 0 Å². The van der Waals surface area contributed by atoms with Gasteiger partial charge in [0.25, 0.3) is 0 Å². The molecule has 0 aliphatic heterocycles. The van der Waals surface area contributed by atoms with Crippen molar-refractivity contribution in [1.29, 1.82) is 0 Å². The molecule has 2 unspecified atom stereocenters. The van der Waals surface area contributed by atoms with E-state index in [0.717, 1.165) is 30.2 Å². The number of aromatic carboxylic acids is 1. The highest BCUT2D eigenvalue weighted by Gasteiger charge is 2.23. The molecule has 110 valence electrons. The second-order valence-electron chi connectivity index (χ2n) is 6.11. The highest BCUT2D eigenvalue weighted by molar-refractivity contribution is 5.87. The number of rotatable bonds is 4. The fourth-order valence-electron chi connectivity index (χ4n) is 3.22. The largest absolute Gasteiger partial charge is 0.478 e. The minimum Gasteiger partial charge on any atom is -0.478 e. The van der Waals surface area contributed by atoms with Gasteiger partial charge in [0.05, 0.1) is 5.56 Å². The summed E-state index contributed by atoms with van der Waals surface area (Å²) in [5.74, 6) is -0.441. The van der Waals surface area contributed by atoms with Crippen molar-refractivity contribution in [3.05, 3.63) is 35.1 Å². The third-order valence-corrected chi connectivity index (χ3v) is 4.04. The monoisotopic (exact) mass is 279 g/mol. The lowest BCUT2D eigenvalue weighted by atomic mass is 9.80. The Morgan fingerprint density at radius 2 is 1.95 bits per heavy atom. The van der Waals surface area contributed by atoms with Crippen LogP contribution in [0.3, 0.4) is 0 Å². The van der Waals surface area contributed by atoms with Gasteiger partial charge in [-0.15, -0.1) is 0 Å². The average Bonchev–Trinajstić information content (AvgIpc) is 2.35. The molecule has 2 N–H and O–H groups in total. The molecule has 0 bridgehead atoms. The van der Waals surface area contributed by atoms with Gasteiger partial charge in [-0.1, -0.05) is 19.9 Å². The standard InChI is InChI=1S/C16H22FNO2/c1-10-5-11(2)7-13(6-10)18-9-12-3-4-14(16(19)20)15(17)8-12/h3-4,8,10-11,13,18H,5-7,9H2,1-2H3,(H,19,20). The fraction of sp³-hybridized carbons (Fsp3) is 0.562. The first-order valence-electron chi connectivity index (χ1n) is 7.20. The molecule has 0 amide bonds. The third kappa shape index (κ3) is 3.79. The Morgan fingerprint density at radius 3 is 2.50 bits per heavy atom. The summed E-state index contributed by atoms with van der Waals surface area (Å²) in [4.78, 5) is 10.8. The average molecular weight is 279 g/mol. The van der Waals surface area contributed by atoms with Crippen molar-refractivity contribution in [2.45, 2.75) is 45.7 Å². The maximum Gasteiger partial charge on any atom is 0.338 e. The van der Waals surface area contributed by atoms with Crippen LogP contribution in [0.25, 0.3) is 0 Å². The summed E-state index contributed by atoms with van der Waals surface area (Å²) in [5.41, 5.74) is 0.520. The Hall–Kier alpha value is -1.42. The van der Waals surface area contributed by atoms with Crippen molar-refractivity contribution in [2.75, 3.05) is 0 Å². The number of carboxylic acid groups (broad SMARTS) is 1. The van der Waals surface area contributed by atoms with Gasteiger partial charge >= 0.3 is 5.97 Å². The highest BCUT2D eigenvalue weighted by atomic mass is 19.1. The number of carboxylic acids is 1. The number of benzene rings is 1. The lowest BCUT2D eigenvalue weighted by Crippen LogP contribution is -2.35. The SMILES string of the molecule is CC1CC(C)CC(NCc2ccc(C(=O)O)c(F)c2)C1. The van der Waals surface area contributed by atoms with E-state index >= 15 is 0 Å². The molecular weight excluding hydrogens is 257 g/mol. The van der Waals surface area contributed by atoms with Crippen molar-refractivity contribution < 1.29 is 14.3 Å². The van der Waals surface area contributed by atoms with E-state index in [1.165, 1.54) is 18.6 Å². The Morgan fingerprint density at radius 1 is 1.30 bits per heavy atom. The molecule has 2 atom stereocenters. The van der Waals surface area contributed by atoms with Crippen molar-refractivity contribution in [3.63, 3.8) is 0 Å². The van der Waals surface area contributed by atoms with Gasteiger partial charge in [-0.3, -0.25) is 0 Å². The zero-order valence-electron chi connectivity index (χ0n) is 12.0. The maximum atomic E-state index is 13.6. The van der Waals surface area contributed by atoms with Gasteiger partial charge in [-0.05, 0) is 48.8 Å². The molecule has 1 fully saturated rings. The normalized spacial score (nSPS) is 26.4. The first-order valence-corrected chi connectivity index (χ1v) is 7.20. The van der Waals surface area contributed by atoms with Crippen LogP contribution in [-0.4, -0.2) is 17.1 Å². The number of carbonyl (C=O) groups is 1. The number of hydrogen-bond donors (Lipinski definition) is 2. The molecule has 3 nitrogen and oxygen atoms in total. The second-order valence-corrected chi connectivity index (χ2v) is 6.11. The summed E-state index contributed by atoms with van der Waals surface area (Å²) < 4.78 is 13.6. The van der Waals surface area contributed by atoms with Crippen LogP contribution in [0.2, 0.25) is 0 Å². The molecule has 20 heavy (non-hydrogen) atoms. The fourth-order valence-corrected chi connectivity index (χ4v) is 3.22. The quantitative estimate of drug-likeness (QED) is 0.887. The van der Waals surface area contributed by atoms with E-state index in [9.17, 15) is 9.18 Å². The minimum absolute atomic E-state index is 0.270. The number of nitrogens with one attached hydrogen (secondary N) is 1. The van der Waals surface area contributed by atoms with Crippen LogP contribution >= 0.6 is 0 Å². The summed E-state index contributed by atoms with van der Waals surface area (Å²) >= 11 is 0. The molecule has 1 aliphatic carbocycles. The lowest BCUT2D eigenvalue weighted by molar-refractivity contribution is 0.0692. The van der Waals surface area contributed by atoms with Gasteiger partial charge in [0.1, 0.15) is 5.82 Å². The lowest BCUT2D eigenvalue weighted by Gasteiger charge is -2.32. The zero-order valence-corrected chi connectivity index (χ0v) is 12.0. The van der Waals surface area contributed by atoms with E-state index in [-0.39, 0.29) is 5.56 Å². The number of halogens is 1. The van der Waals surface area contributed by atoms with Crippen LogP contribution in [0.4, 0.5) is 4.39 Å². The molecule has 0 spiro atoms. The molecular formula is C16H22FNO2. The predicted octanol–water partition coefficient (Wildman–Crippen LogP) is 3.44. The Kier molecular flexibility index (Phi) is 4.76. The van der Waals surface area contributed by atoms with E-state index in [4.69, 9.17) is 5.11 Å². The molecule has 0 radical (unpaired) electrons. The molecule has 0 saturated heterocycles. The maximum absolute atomic E-state index is 13.6. The molecule has 2 rings (SSSR count). The van der Waals surface area contributed by atoms with Crippen molar-refractivity contribution in [3.8, 4) is 0 Å². The molecule has 0 aromatic heterocycles. The van der Waals surface area contributed by atoms with E-state index in [1.54, 1.807) is 6.07 Å². The van der Waals surface area contributed by atoms with Crippen molar-refractivity contribution >= 4 is 5.97 Å². The predicted molar refractivity (Wildman–Crippen MR) is 76.2 cm³/mol. The van der Waals surface area contributed by atoms with Gasteiger partial charge in [0, 0.05) is 12.6 Å². The van der Waals surface area contributed by atoms with Crippen molar-refractivity contribution in [2.24, 2.45) is 11.8 Å². The molecule has 1 aliphatic rings. The van der Waals surface area contributed by atoms with E-state index in [0.29, 0.717) is 12.6 Å². The highest BCUT2D eigenvalue weighted by Crippen LogP contribution is 2.28. The smallest absolute Gasteiger partial charge is 0.338 e. The second kappa shape index (κ2) is 6.35. The van der Waals surface area contributed by atoms with Crippen LogP contribution in [0, 0.1) is 17.7 Å². The number of hydrogen-bond acceptors (Lipinski definition) is 2. The van der Waals surface area contributed by atoms with Crippen molar-refractivity contribution in [1.82, 2.24) is 5.32 Å². The summed E-state index contributed by atoms with van der Waals surface area (Å²) in [5, 5.41) is 12.3. The van der Waals surface area contributed by atoms with Crippen LogP contribution in [0.1, 0.15) is 49.0 Å². The molecule has 1 saturated carbocycles. The molecule has 1 aromatic carbocycles.